The molecule has 0 aromatic heterocycles. The van der Waals surface area contributed by atoms with E-state index in [1.807, 2.05) is 0 Å². The zero-order chi connectivity index (χ0) is 27.0. The van der Waals surface area contributed by atoms with Crippen molar-refractivity contribution < 1.29 is 9.90 Å². The fourth-order valence-corrected chi connectivity index (χ4v) is 7.09. The minimum atomic E-state index is -0.0956. The van der Waals surface area contributed by atoms with E-state index in [4.69, 9.17) is 0 Å². The van der Waals surface area contributed by atoms with Gasteiger partial charge in [0.1, 0.15) is 0 Å². The lowest BCUT2D eigenvalue weighted by atomic mass is 9.73. The summed E-state index contributed by atoms with van der Waals surface area (Å²) in [5.41, 5.74) is 0. The Morgan fingerprint density at radius 2 is 1.18 bits per heavy atom. The Kier molecular flexibility index (Phi) is 14.7. The third-order valence-electron chi connectivity index (χ3n) is 9.69. The van der Waals surface area contributed by atoms with Gasteiger partial charge in [-0.3, -0.25) is 4.79 Å². The normalized spacial score (nSPS) is 31.4. The number of hydrogen-bond donors (Lipinski definition) is 2. The van der Waals surface area contributed by atoms with Crippen LogP contribution in [0.4, 0.5) is 0 Å². The summed E-state index contributed by atoms with van der Waals surface area (Å²) in [7, 11) is 0. The molecule has 3 rings (SSSR count). The van der Waals surface area contributed by atoms with Crippen molar-refractivity contribution in [2.75, 3.05) is 13.2 Å². The lowest BCUT2D eigenvalue weighted by Crippen LogP contribution is -2.39. The molecule has 214 valence electrons. The first-order chi connectivity index (χ1) is 18.6. The van der Waals surface area contributed by atoms with Gasteiger partial charge in [0.2, 0.25) is 5.91 Å². The minimum absolute atomic E-state index is 0.0132. The number of aliphatic hydroxyl groups is 1. The summed E-state index contributed by atoms with van der Waals surface area (Å²) in [6, 6.07) is 0. The molecule has 0 radical (unpaired) electrons. The van der Waals surface area contributed by atoms with Crippen LogP contribution in [0.3, 0.4) is 0 Å². The van der Waals surface area contributed by atoms with Crippen LogP contribution in [0.15, 0.2) is 0 Å². The molecule has 38 heavy (non-hydrogen) atoms. The Bertz CT molecular complexity index is 782. The third kappa shape index (κ3) is 11.0. The number of hydrogen-bond acceptors (Lipinski definition) is 2. The van der Waals surface area contributed by atoms with Crippen molar-refractivity contribution in [3.8, 4) is 23.7 Å². The highest BCUT2D eigenvalue weighted by atomic mass is 16.3. The van der Waals surface area contributed by atoms with Crippen molar-refractivity contribution in [3.63, 3.8) is 0 Å². The predicted molar refractivity (Wildman–Crippen MR) is 159 cm³/mol. The monoisotopic (exact) mass is 523 g/mol. The molecule has 0 aromatic rings. The van der Waals surface area contributed by atoms with Gasteiger partial charge in [0.05, 0.1) is 12.5 Å². The summed E-state index contributed by atoms with van der Waals surface area (Å²) >= 11 is 0. The van der Waals surface area contributed by atoms with E-state index in [-0.39, 0.29) is 24.3 Å². The number of rotatable bonds is 11. The Hall–Kier alpha value is -1.45. The number of aliphatic hydroxyl groups excluding tert-OH is 1. The Morgan fingerprint density at radius 1 is 0.684 bits per heavy atom. The Balaban J connectivity index is 1.50. The van der Waals surface area contributed by atoms with E-state index in [0.717, 1.165) is 31.1 Å². The molecule has 3 aliphatic rings. The van der Waals surface area contributed by atoms with Gasteiger partial charge in [-0.2, -0.15) is 0 Å². The lowest BCUT2D eigenvalue weighted by molar-refractivity contribution is -0.127. The molecule has 3 nitrogen and oxygen atoms in total. The maximum absolute atomic E-state index is 13.0. The van der Waals surface area contributed by atoms with Crippen LogP contribution in [0.2, 0.25) is 0 Å². The molecular formula is C35H57NO2. The summed E-state index contributed by atoms with van der Waals surface area (Å²) in [6.45, 7) is 4.88. The molecule has 0 aliphatic heterocycles. The van der Waals surface area contributed by atoms with Crippen LogP contribution in [0.25, 0.3) is 0 Å². The molecule has 3 atom stereocenters. The van der Waals surface area contributed by atoms with Gasteiger partial charge < -0.3 is 10.4 Å². The smallest absolute Gasteiger partial charge is 0.224 e. The highest BCUT2D eigenvalue weighted by molar-refractivity contribution is 5.79. The summed E-state index contributed by atoms with van der Waals surface area (Å²) in [6.07, 6.45) is 24.1. The molecule has 0 saturated heterocycles. The van der Waals surface area contributed by atoms with E-state index >= 15 is 0 Å². The quantitative estimate of drug-likeness (QED) is 0.213. The predicted octanol–water partition coefficient (Wildman–Crippen LogP) is 7.91. The van der Waals surface area contributed by atoms with Gasteiger partial charge >= 0.3 is 0 Å². The molecule has 3 unspecified atom stereocenters. The molecule has 2 N–H and O–H groups in total. The van der Waals surface area contributed by atoms with Crippen LogP contribution in [0.5, 0.6) is 0 Å². The standard InChI is InChI=1S/C35H57NO2/c1-3-5-7-9-28-11-15-30(16-12-28)19-20-32-22-24-33(34(27-32)35(38)36-25-26-37)23-21-31-17-13-29(14-18-31)10-8-6-4-2/h28-34,37H,3-18,22,24-27H2,1-2H3,(H,36,38). The van der Waals surface area contributed by atoms with Gasteiger partial charge in [0, 0.05) is 30.2 Å². The second kappa shape index (κ2) is 18.0. The first kappa shape index (κ1) is 31.1. The van der Waals surface area contributed by atoms with Crippen molar-refractivity contribution in [1.29, 1.82) is 0 Å². The van der Waals surface area contributed by atoms with E-state index in [2.05, 4.69) is 42.8 Å². The lowest BCUT2D eigenvalue weighted by Gasteiger charge is -2.31. The number of carbonyl (C=O) groups is 1. The van der Waals surface area contributed by atoms with Crippen LogP contribution in [0, 0.1) is 65.1 Å². The van der Waals surface area contributed by atoms with E-state index in [1.165, 1.54) is 103 Å². The first-order valence-corrected chi connectivity index (χ1v) is 16.5. The van der Waals surface area contributed by atoms with E-state index in [0.29, 0.717) is 24.3 Å². The fraction of sp³-hybridized carbons (Fsp3) is 0.857. The SMILES string of the molecule is CCCCCC1CCC(C#CC2CCC(C#CC3CCC(CCCCC)CC3)C(C(=O)NCCO)C2)CC1. The largest absolute Gasteiger partial charge is 0.395 e. The average Bonchev–Trinajstić information content (AvgIpc) is 2.95. The zero-order valence-corrected chi connectivity index (χ0v) is 24.7. The topological polar surface area (TPSA) is 49.3 Å². The summed E-state index contributed by atoms with van der Waals surface area (Å²) < 4.78 is 0. The molecule has 0 spiro atoms. The number of carbonyl (C=O) groups excluding carboxylic acids is 1. The molecule has 3 saturated carbocycles. The summed E-state index contributed by atoms with van der Waals surface area (Å²) in [5.74, 6) is 17.8. The van der Waals surface area contributed by atoms with Crippen LogP contribution in [0.1, 0.15) is 136 Å². The van der Waals surface area contributed by atoms with Gasteiger partial charge in [0.15, 0.2) is 0 Å². The number of nitrogens with one attached hydrogen (secondary N) is 1. The van der Waals surface area contributed by atoms with Crippen LogP contribution < -0.4 is 5.32 Å². The van der Waals surface area contributed by atoms with E-state index in [9.17, 15) is 9.90 Å². The van der Waals surface area contributed by atoms with Crippen molar-refractivity contribution in [2.45, 2.75) is 136 Å². The molecular weight excluding hydrogens is 466 g/mol. The van der Waals surface area contributed by atoms with Crippen LogP contribution >= 0.6 is 0 Å². The Morgan fingerprint density at radius 3 is 1.71 bits per heavy atom. The maximum Gasteiger partial charge on any atom is 0.224 e. The van der Waals surface area contributed by atoms with Crippen molar-refractivity contribution in [3.05, 3.63) is 0 Å². The second-order valence-corrected chi connectivity index (χ2v) is 12.7. The zero-order valence-electron chi connectivity index (χ0n) is 24.7. The fourth-order valence-electron chi connectivity index (χ4n) is 7.09. The van der Waals surface area contributed by atoms with Gasteiger partial charge in [0.25, 0.3) is 0 Å². The molecule has 0 bridgehead atoms. The molecule has 3 heteroatoms. The molecule has 0 aromatic carbocycles. The van der Waals surface area contributed by atoms with Gasteiger partial charge in [-0.15, -0.1) is 0 Å². The summed E-state index contributed by atoms with van der Waals surface area (Å²) in [4.78, 5) is 13.0. The van der Waals surface area contributed by atoms with E-state index in [1.54, 1.807) is 0 Å². The summed E-state index contributed by atoms with van der Waals surface area (Å²) in [5, 5.41) is 12.2. The maximum atomic E-state index is 13.0. The van der Waals surface area contributed by atoms with Crippen LogP contribution in [-0.2, 0) is 4.79 Å². The first-order valence-electron chi connectivity index (χ1n) is 16.5. The Labute approximate surface area is 235 Å². The van der Waals surface area contributed by atoms with Gasteiger partial charge in [-0.25, -0.2) is 0 Å². The highest BCUT2D eigenvalue weighted by Gasteiger charge is 2.34. The number of unbranched alkanes of at least 4 members (excludes halogenated alkanes) is 4. The highest BCUT2D eigenvalue weighted by Crippen LogP contribution is 2.36. The molecule has 3 aliphatic carbocycles. The van der Waals surface area contributed by atoms with Crippen molar-refractivity contribution in [1.82, 2.24) is 5.32 Å². The van der Waals surface area contributed by atoms with Crippen molar-refractivity contribution >= 4 is 5.91 Å². The van der Waals surface area contributed by atoms with E-state index < -0.39 is 0 Å². The van der Waals surface area contributed by atoms with Gasteiger partial charge in [-0.05, 0) is 82.5 Å². The molecule has 1 amide bonds. The molecule has 3 fully saturated rings. The van der Waals surface area contributed by atoms with Gasteiger partial charge in [-0.1, -0.05) is 88.9 Å². The third-order valence-corrected chi connectivity index (χ3v) is 9.69. The van der Waals surface area contributed by atoms with Crippen molar-refractivity contribution in [2.24, 2.45) is 41.4 Å². The minimum Gasteiger partial charge on any atom is -0.395 e. The van der Waals surface area contributed by atoms with Crippen LogP contribution in [-0.4, -0.2) is 24.2 Å². The molecule has 0 heterocycles. The average molecular weight is 524 g/mol. The second-order valence-electron chi connectivity index (χ2n) is 12.7. The number of amides is 1.